The number of hydrogen-bond donors (Lipinski definition) is 4. The van der Waals surface area contributed by atoms with Crippen molar-refractivity contribution in [3.8, 4) is 0 Å². The molecule has 0 bridgehead atoms. The van der Waals surface area contributed by atoms with Crippen molar-refractivity contribution >= 4 is 17.3 Å². The first-order chi connectivity index (χ1) is 9.54. The molecule has 0 unspecified atom stereocenters. The molecule has 0 saturated carbocycles. The summed E-state index contributed by atoms with van der Waals surface area (Å²) < 4.78 is 0. The Morgan fingerprint density at radius 2 is 2.05 bits per heavy atom. The maximum atomic E-state index is 11.1. The van der Waals surface area contributed by atoms with E-state index >= 15 is 0 Å². The number of anilines is 1. The van der Waals surface area contributed by atoms with E-state index in [-0.39, 0.29) is 49.2 Å². The van der Waals surface area contributed by atoms with Crippen molar-refractivity contribution in [1.82, 2.24) is 4.98 Å². The van der Waals surface area contributed by atoms with E-state index < -0.39 is 4.92 Å². The van der Waals surface area contributed by atoms with Crippen LogP contribution in [0.25, 0.3) is 0 Å². The van der Waals surface area contributed by atoms with E-state index in [0.717, 1.165) is 6.07 Å². The highest BCUT2D eigenvalue weighted by Crippen LogP contribution is 2.26. The summed E-state index contributed by atoms with van der Waals surface area (Å²) in [6.07, 6.45) is 1.21. The van der Waals surface area contributed by atoms with Crippen LogP contribution in [-0.4, -0.2) is 57.5 Å². The van der Waals surface area contributed by atoms with E-state index in [2.05, 4.69) is 10.1 Å². The quantitative estimate of drug-likeness (QED) is 0.161. The van der Waals surface area contributed by atoms with Crippen LogP contribution < -0.4 is 10.6 Å². The van der Waals surface area contributed by atoms with Crippen LogP contribution in [0.5, 0.6) is 0 Å². The maximum Gasteiger partial charge on any atom is 0.312 e. The Balaban J connectivity index is 3.27. The fourth-order valence-corrected chi connectivity index (χ4v) is 1.59. The summed E-state index contributed by atoms with van der Waals surface area (Å²) in [5.74, 6) is -0.310. The number of aliphatic hydroxyl groups is 2. The van der Waals surface area contributed by atoms with E-state index in [1.54, 1.807) is 0 Å². The highest BCUT2D eigenvalue weighted by molar-refractivity contribution is 5.97. The number of aliphatic hydroxyl groups excluding tert-OH is 2. The zero-order valence-electron chi connectivity index (χ0n) is 10.5. The van der Waals surface area contributed by atoms with Crippen LogP contribution in [0, 0.1) is 10.1 Å². The fraction of sp³-hybridized carbons (Fsp3) is 0.400. The minimum absolute atomic E-state index is 0.00686. The van der Waals surface area contributed by atoms with Crippen LogP contribution in [-0.2, 0) is 0 Å². The van der Waals surface area contributed by atoms with Gasteiger partial charge in [0, 0.05) is 30.9 Å². The van der Waals surface area contributed by atoms with Crippen molar-refractivity contribution in [2.24, 2.45) is 10.9 Å². The van der Waals surface area contributed by atoms with Gasteiger partial charge in [-0.15, -0.1) is 0 Å². The van der Waals surface area contributed by atoms with Gasteiger partial charge in [0.15, 0.2) is 5.84 Å². The fourth-order valence-electron chi connectivity index (χ4n) is 1.59. The number of oxime groups is 1. The third-order valence-corrected chi connectivity index (χ3v) is 2.49. The first-order valence-electron chi connectivity index (χ1n) is 5.64. The molecule has 1 aromatic heterocycles. The predicted molar refractivity (Wildman–Crippen MR) is 69.8 cm³/mol. The van der Waals surface area contributed by atoms with Crippen molar-refractivity contribution < 1.29 is 20.3 Å². The minimum atomic E-state index is -0.668. The van der Waals surface area contributed by atoms with E-state index in [4.69, 9.17) is 21.2 Å². The second-order valence-corrected chi connectivity index (χ2v) is 3.74. The average Bonchev–Trinajstić information content (AvgIpc) is 2.45. The van der Waals surface area contributed by atoms with Crippen molar-refractivity contribution in [3.05, 3.63) is 27.9 Å². The third-order valence-electron chi connectivity index (χ3n) is 2.49. The largest absolute Gasteiger partial charge is 0.409 e. The molecule has 0 spiro atoms. The van der Waals surface area contributed by atoms with Gasteiger partial charge >= 0.3 is 5.69 Å². The number of aromatic nitrogens is 1. The molecule has 0 fully saturated rings. The first kappa shape index (κ1) is 15.6. The van der Waals surface area contributed by atoms with Gasteiger partial charge in [-0.2, -0.15) is 0 Å². The number of nitro groups is 1. The van der Waals surface area contributed by atoms with Crippen LogP contribution in [0.2, 0.25) is 0 Å². The number of rotatable bonds is 7. The van der Waals surface area contributed by atoms with Crippen molar-refractivity contribution in [3.63, 3.8) is 0 Å². The van der Waals surface area contributed by atoms with Crippen LogP contribution in [0.15, 0.2) is 17.4 Å². The smallest absolute Gasteiger partial charge is 0.312 e. The lowest BCUT2D eigenvalue weighted by molar-refractivity contribution is -0.384. The number of pyridine rings is 1. The number of nitrogens with two attached hydrogens (primary N) is 1. The Bertz CT molecular complexity index is 501. The summed E-state index contributed by atoms with van der Waals surface area (Å²) in [6.45, 7) is -0.337. The van der Waals surface area contributed by atoms with Gasteiger partial charge in [0.2, 0.25) is 5.82 Å². The van der Waals surface area contributed by atoms with Crippen molar-refractivity contribution in [2.45, 2.75) is 0 Å². The Morgan fingerprint density at radius 3 is 2.50 bits per heavy atom. The van der Waals surface area contributed by atoms with Gasteiger partial charge in [0.25, 0.3) is 0 Å². The molecule has 0 aliphatic heterocycles. The molecule has 0 amide bonds. The summed E-state index contributed by atoms with van der Waals surface area (Å²) >= 11 is 0. The van der Waals surface area contributed by atoms with E-state index in [1.807, 2.05) is 0 Å². The molecule has 1 aromatic rings. The molecular formula is C10H15N5O5. The molecule has 0 radical (unpaired) electrons. The Kier molecular flexibility index (Phi) is 5.62. The van der Waals surface area contributed by atoms with Gasteiger partial charge < -0.3 is 26.1 Å². The predicted octanol–water partition coefficient (Wildman–Crippen LogP) is -1.12. The van der Waals surface area contributed by atoms with Crippen LogP contribution >= 0.6 is 0 Å². The highest BCUT2D eigenvalue weighted by Gasteiger charge is 2.22. The van der Waals surface area contributed by atoms with Gasteiger partial charge in [-0.1, -0.05) is 5.16 Å². The molecule has 0 saturated heterocycles. The lowest BCUT2D eigenvalue weighted by Gasteiger charge is -2.21. The summed E-state index contributed by atoms with van der Waals surface area (Å²) in [7, 11) is 0. The minimum Gasteiger partial charge on any atom is -0.409 e. The number of nitrogens with zero attached hydrogens (tertiary/aromatic N) is 4. The number of hydrogen-bond acceptors (Lipinski definition) is 8. The third kappa shape index (κ3) is 3.52. The topological polar surface area (TPSA) is 158 Å². The average molecular weight is 285 g/mol. The van der Waals surface area contributed by atoms with E-state index in [9.17, 15) is 10.1 Å². The molecule has 0 aromatic carbocycles. The van der Waals surface area contributed by atoms with Gasteiger partial charge in [0.05, 0.1) is 18.1 Å². The zero-order valence-corrected chi connectivity index (χ0v) is 10.5. The molecule has 5 N–H and O–H groups in total. The van der Waals surface area contributed by atoms with Gasteiger partial charge in [0.1, 0.15) is 0 Å². The summed E-state index contributed by atoms with van der Waals surface area (Å²) in [5.41, 5.74) is 5.08. The second-order valence-electron chi connectivity index (χ2n) is 3.74. The standard InChI is InChI=1S/C10H15N5O5/c11-9(13-18)7-5-8(15(19)20)10(12-6-7)14(1-3-16)2-4-17/h5-6,16-18H,1-4H2,(H2,11,13). The van der Waals surface area contributed by atoms with Crippen LogP contribution in [0.3, 0.4) is 0 Å². The first-order valence-corrected chi connectivity index (χ1v) is 5.64. The Morgan fingerprint density at radius 1 is 1.45 bits per heavy atom. The van der Waals surface area contributed by atoms with Crippen LogP contribution in [0.4, 0.5) is 11.5 Å². The molecule has 10 nitrogen and oxygen atoms in total. The number of amidine groups is 1. The molecule has 20 heavy (non-hydrogen) atoms. The van der Waals surface area contributed by atoms with E-state index in [0.29, 0.717) is 0 Å². The van der Waals surface area contributed by atoms with E-state index in [1.165, 1.54) is 11.1 Å². The molecule has 0 aliphatic rings. The van der Waals surface area contributed by atoms with Crippen LogP contribution in [0.1, 0.15) is 5.56 Å². The Hall–Kier alpha value is -2.46. The summed E-state index contributed by atoms with van der Waals surface area (Å²) in [4.78, 5) is 15.7. The van der Waals surface area contributed by atoms with Gasteiger partial charge in [-0.05, 0) is 0 Å². The van der Waals surface area contributed by atoms with Crippen molar-refractivity contribution in [2.75, 3.05) is 31.2 Å². The van der Waals surface area contributed by atoms with Gasteiger partial charge in [-0.25, -0.2) is 4.98 Å². The lowest BCUT2D eigenvalue weighted by Crippen LogP contribution is -2.31. The zero-order chi connectivity index (χ0) is 15.1. The van der Waals surface area contributed by atoms with Gasteiger partial charge in [-0.3, -0.25) is 10.1 Å². The van der Waals surface area contributed by atoms with Crippen molar-refractivity contribution in [1.29, 1.82) is 0 Å². The monoisotopic (exact) mass is 285 g/mol. The SMILES string of the molecule is NC(=NO)c1cnc(N(CCO)CCO)c([N+](=O)[O-])c1. The lowest BCUT2D eigenvalue weighted by atomic mass is 10.2. The molecule has 10 heteroatoms. The normalized spacial score (nSPS) is 11.4. The summed E-state index contributed by atoms with van der Waals surface area (Å²) in [6, 6.07) is 1.11. The molecular weight excluding hydrogens is 270 g/mol. The Labute approximate surface area is 113 Å². The second kappa shape index (κ2) is 7.21. The molecule has 0 aliphatic carbocycles. The highest BCUT2D eigenvalue weighted by atomic mass is 16.6. The molecule has 110 valence electrons. The molecule has 1 heterocycles. The maximum absolute atomic E-state index is 11.1. The summed E-state index contributed by atoms with van der Waals surface area (Å²) in [5, 5.41) is 40.3. The molecule has 0 atom stereocenters. The molecule has 1 rings (SSSR count).